The Balaban J connectivity index is 1.20. The minimum Gasteiger partial charge on any atom is -0.491 e. The quantitative estimate of drug-likeness (QED) is 0.199. The molecular weight excluding hydrogens is 589 g/mol. The van der Waals surface area contributed by atoms with E-state index in [9.17, 15) is 9.59 Å². The highest BCUT2D eigenvalue weighted by atomic mass is 32.2. The molecule has 6 rings (SSSR count). The molecule has 0 unspecified atom stereocenters. The Kier molecular flexibility index (Phi) is 8.74. The number of aromatic carboxylic acids is 1. The fourth-order valence-electron chi connectivity index (χ4n) is 4.81. The molecule has 2 aromatic heterocycles. The lowest BCUT2D eigenvalue weighted by atomic mass is 10.1. The fraction of sp³-hybridized carbons (Fsp3) is 0.267. The first kappa shape index (κ1) is 28.9. The first-order valence-corrected chi connectivity index (χ1v) is 15.0. The van der Waals surface area contributed by atoms with Crippen molar-refractivity contribution in [3.8, 4) is 17.1 Å². The number of aromatic amines is 1. The zero-order chi connectivity index (χ0) is 29.8. The van der Waals surface area contributed by atoms with Crippen LogP contribution in [0, 0.1) is 0 Å². The van der Waals surface area contributed by atoms with Crippen LogP contribution in [0.5, 0.6) is 5.75 Å². The molecule has 4 aromatic rings. The number of fused-ring (bicyclic) bond motifs is 1. The number of aromatic nitrogens is 4. The van der Waals surface area contributed by atoms with Crippen molar-refractivity contribution in [2.45, 2.75) is 6.42 Å². The third-order valence-corrected chi connectivity index (χ3v) is 8.56. The predicted octanol–water partition coefficient (Wildman–Crippen LogP) is 3.87. The maximum Gasteiger partial charge on any atom is 0.335 e. The van der Waals surface area contributed by atoms with Gasteiger partial charge in [-0.1, -0.05) is 42.2 Å². The maximum atomic E-state index is 13.3. The number of imidazole rings is 1. The second kappa shape index (κ2) is 13.0. The Morgan fingerprint density at radius 2 is 1.95 bits per heavy atom. The number of thiocarbonyl (C=S) groups is 1. The van der Waals surface area contributed by atoms with Crippen LogP contribution in [0.2, 0.25) is 0 Å². The second-order valence-corrected chi connectivity index (χ2v) is 11.7. The van der Waals surface area contributed by atoms with Crippen LogP contribution in [0.25, 0.3) is 28.6 Å². The van der Waals surface area contributed by atoms with E-state index in [1.165, 1.54) is 11.8 Å². The van der Waals surface area contributed by atoms with Gasteiger partial charge in [0, 0.05) is 26.2 Å². The molecule has 0 saturated carbocycles. The van der Waals surface area contributed by atoms with Gasteiger partial charge in [-0.25, -0.2) is 19.7 Å². The average Bonchev–Trinajstić information content (AvgIpc) is 3.60. The zero-order valence-electron chi connectivity index (χ0n) is 23.1. The van der Waals surface area contributed by atoms with Gasteiger partial charge in [0.05, 0.1) is 41.8 Å². The maximum absolute atomic E-state index is 13.3. The van der Waals surface area contributed by atoms with E-state index < -0.39 is 5.97 Å². The molecule has 43 heavy (non-hydrogen) atoms. The van der Waals surface area contributed by atoms with Gasteiger partial charge >= 0.3 is 5.97 Å². The van der Waals surface area contributed by atoms with Gasteiger partial charge in [-0.05, 0) is 47.9 Å². The van der Waals surface area contributed by atoms with E-state index in [1.807, 2.05) is 24.3 Å². The number of nitrogens with zero attached hydrogens (tertiary/aromatic N) is 5. The number of morpholine rings is 1. The summed E-state index contributed by atoms with van der Waals surface area (Å²) >= 11 is 6.79. The van der Waals surface area contributed by atoms with E-state index in [4.69, 9.17) is 26.8 Å². The molecule has 0 spiro atoms. The SMILES string of the molecule is O=C(O)c1ccc(CCN2C(=O)C(=Cc3ccc(OCCN4CCOCC4)c(-c4ncc5[nH]cnc5n4)c3)SC2=S)cc1. The zero-order valence-corrected chi connectivity index (χ0v) is 24.7. The predicted molar refractivity (Wildman–Crippen MR) is 167 cm³/mol. The number of hydrogen-bond acceptors (Lipinski definition) is 10. The standard InChI is InChI=1S/C30H28N6O5S2/c37-28-25(43-30(42)36(28)8-7-19-1-4-21(5-2-19)29(38)39)16-20-3-6-24(41-14-11-35-9-12-40-13-10-35)22(15-20)26-31-17-23-27(34-26)33-18-32-23/h1-6,15-18H,7-14H2,(H,38,39)(H,31,32,33,34). The first-order chi connectivity index (χ1) is 20.9. The Morgan fingerprint density at radius 1 is 1.14 bits per heavy atom. The number of thioether (sulfide) groups is 1. The van der Waals surface area contributed by atoms with Crippen LogP contribution in [0.15, 0.2) is 59.9 Å². The van der Waals surface area contributed by atoms with Crippen molar-refractivity contribution in [3.05, 3.63) is 76.6 Å². The van der Waals surface area contributed by atoms with Crippen LogP contribution in [0.4, 0.5) is 0 Å². The monoisotopic (exact) mass is 616 g/mol. The van der Waals surface area contributed by atoms with Crippen molar-refractivity contribution in [1.29, 1.82) is 0 Å². The summed E-state index contributed by atoms with van der Waals surface area (Å²) in [5.74, 6) is -0.0317. The van der Waals surface area contributed by atoms with Gasteiger partial charge < -0.3 is 19.6 Å². The lowest BCUT2D eigenvalue weighted by molar-refractivity contribution is -0.122. The molecule has 1 amide bonds. The molecule has 2 aliphatic rings. The Bertz CT molecular complexity index is 1700. The van der Waals surface area contributed by atoms with Crippen LogP contribution in [-0.4, -0.2) is 97.0 Å². The molecule has 2 fully saturated rings. The minimum absolute atomic E-state index is 0.168. The van der Waals surface area contributed by atoms with Gasteiger partial charge in [0.25, 0.3) is 5.91 Å². The Morgan fingerprint density at radius 3 is 2.74 bits per heavy atom. The molecule has 0 bridgehead atoms. The smallest absolute Gasteiger partial charge is 0.335 e. The second-order valence-electron chi connectivity index (χ2n) is 9.98. The summed E-state index contributed by atoms with van der Waals surface area (Å²) in [7, 11) is 0. The average molecular weight is 617 g/mol. The molecule has 0 radical (unpaired) electrons. The van der Waals surface area contributed by atoms with Gasteiger partial charge in [0.2, 0.25) is 0 Å². The normalized spacial score (nSPS) is 16.8. The van der Waals surface area contributed by atoms with Crippen LogP contribution in [0.3, 0.4) is 0 Å². The molecule has 4 heterocycles. The summed E-state index contributed by atoms with van der Waals surface area (Å²) in [4.78, 5) is 45.3. The van der Waals surface area contributed by atoms with Gasteiger partial charge in [0.15, 0.2) is 11.5 Å². The van der Waals surface area contributed by atoms with Crippen molar-refractivity contribution in [1.82, 2.24) is 29.7 Å². The van der Waals surface area contributed by atoms with E-state index in [0.29, 0.717) is 51.6 Å². The third-order valence-electron chi connectivity index (χ3n) is 7.19. The van der Waals surface area contributed by atoms with E-state index in [1.54, 1.807) is 41.7 Å². The highest BCUT2D eigenvalue weighted by Gasteiger charge is 2.31. The van der Waals surface area contributed by atoms with E-state index in [0.717, 1.165) is 49.5 Å². The van der Waals surface area contributed by atoms with E-state index in [-0.39, 0.29) is 11.5 Å². The molecule has 0 atom stereocenters. The fourth-order valence-corrected chi connectivity index (χ4v) is 6.12. The number of H-pyrrole nitrogens is 1. The molecule has 220 valence electrons. The van der Waals surface area contributed by atoms with Crippen molar-refractivity contribution >= 4 is 57.4 Å². The molecular formula is C30H28N6O5S2. The lowest BCUT2D eigenvalue weighted by Gasteiger charge is -2.26. The van der Waals surface area contributed by atoms with Crippen molar-refractivity contribution in [2.75, 3.05) is 46.0 Å². The van der Waals surface area contributed by atoms with Crippen LogP contribution in [0.1, 0.15) is 21.5 Å². The number of amides is 1. The Labute approximate surface area is 256 Å². The highest BCUT2D eigenvalue weighted by molar-refractivity contribution is 8.26. The molecule has 0 aliphatic carbocycles. The number of rotatable bonds is 10. The van der Waals surface area contributed by atoms with Crippen LogP contribution >= 0.6 is 24.0 Å². The summed E-state index contributed by atoms with van der Waals surface area (Å²) in [5.41, 5.74) is 3.90. The molecule has 11 nitrogen and oxygen atoms in total. The number of carbonyl (C=O) groups excluding carboxylic acids is 1. The molecule has 2 saturated heterocycles. The number of nitrogens with one attached hydrogen (secondary N) is 1. The number of benzene rings is 2. The van der Waals surface area contributed by atoms with Crippen molar-refractivity contribution in [3.63, 3.8) is 0 Å². The summed E-state index contributed by atoms with van der Waals surface area (Å²) < 4.78 is 12.1. The van der Waals surface area contributed by atoms with Crippen molar-refractivity contribution < 1.29 is 24.2 Å². The topological polar surface area (TPSA) is 134 Å². The number of carboxylic acids is 1. The number of carboxylic acid groups (broad SMARTS) is 1. The van der Waals surface area contributed by atoms with Gasteiger partial charge in [-0.15, -0.1) is 0 Å². The molecule has 2 N–H and O–H groups in total. The number of ether oxygens (including phenoxy) is 2. The van der Waals surface area contributed by atoms with Gasteiger partial charge in [0.1, 0.15) is 22.2 Å². The summed E-state index contributed by atoms with van der Waals surface area (Å²) in [6.45, 7) is 4.87. The summed E-state index contributed by atoms with van der Waals surface area (Å²) in [5, 5.41) is 9.11. The van der Waals surface area contributed by atoms with E-state index in [2.05, 4.69) is 24.8 Å². The van der Waals surface area contributed by atoms with Gasteiger partial charge in [-0.2, -0.15) is 0 Å². The summed E-state index contributed by atoms with van der Waals surface area (Å²) in [6, 6.07) is 12.3. The number of carbonyl (C=O) groups is 2. The summed E-state index contributed by atoms with van der Waals surface area (Å²) in [6.07, 6.45) is 5.63. The largest absolute Gasteiger partial charge is 0.491 e. The molecule has 2 aromatic carbocycles. The van der Waals surface area contributed by atoms with Crippen LogP contribution < -0.4 is 4.74 Å². The van der Waals surface area contributed by atoms with E-state index >= 15 is 0 Å². The Hall–Kier alpha value is -4.17. The lowest BCUT2D eigenvalue weighted by Crippen LogP contribution is -2.38. The van der Waals surface area contributed by atoms with Crippen molar-refractivity contribution in [2.24, 2.45) is 0 Å². The molecule has 2 aliphatic heterocycles. The first-order valence-electron chi connectivity index (χ1n) is 13.8. The highest BCUT2D eigenvalue weighted by Crippen LogP contribution is 2.35. The minimum atomic E-state index is -0.974. The molecule has 13 heteroatoms. The van der Waals surface area contributed by atoms with Gasteiger partial charge in [-0.3, -0.25) is 14.6 Å². The third kappa shape index (κ3) is 6.75. The van der Waals surface area contributed by atoms with Crippen LogP contribution in [-0.2, 0) is 16.0 Å². The number of hydrogen-bond donors (Lipinski definition) is 2.